The van der Waals surface area contributed by atoms with Crippen molar-refractivity contribution in [2.45, 2.75) is 56.9 Å². The van der Waals surface area contributed by atoms with Gasteiger partial charge < -0.3 is 14.1 Å². The van der Waals surface area contributed by atoms with Crippen LogP contribution in [0.1, 0.15) is 40.0 Å². The molecule has 1 atom stereocenters. The zero-order chi connectivity index (χ0) is 19.6. The van der Waals surface area contributed by atoms with Crippen molar-refractivity contribution in [2.24, 2.45) is 0 Å². The van der Waals surface area contributed by atoms with Crippen LogP contribution in [0.5, 0.6) is 0 Å². The molecule has 0 aliphatic carbocycles. The topological polar surface area (TPSA) is 98.7 Å². The first kappa shape index (κ1) is 19.5. The Labute approximate surface area is 161 Å². The number of oxazole rings is 1. The summed E-state index contributed by atoms with van der Waals surface area (Å²) in [4.78, 5) is 29.0. The third-order valence-corrected chi connectivity index (χ3v) is 5.19. The highest BCUT2D eigenvalue weighted by Gasteiger charge is 2.30. The summed E-state index contributed by atoms with van der Waals surface area (Å²) in [5.41, 5.74) is 0.423. The van der Waals surface area contributed by atoms with Crippen LogP contribution in [0.25, 0.3) is 11.1 Å². The number of nitro groups is 1. The fourth-order valence-corrected chi connectivity index (χ4v) is 3.97. The first-order chi connectivity index (χ1) is 12.7. The van der Waals surface area contributed by atoms with Gasteiger partial charge in [-0.05, 0) is 46.1 Å². The number of piperidine rings is 1. The molecule has 1 saturated heterocycles. The van der Waals surface area contributed by atoms with Gasteiger partial charge in [0, 0.05) is 30.5 Å². The van der Waals surface area contributed by atoms with E-state index in [4.69, 9.17) is 9.15 Å². The Morgan fingerprint density at radius 1 is 1.44 bits per heavy atom. The van der Waals surface area contributed by atoms with Crippen LogP contribution in [0.15, 0.2) is 27.8 Å². The summed E-state index contributed by atoms with van der Waals surface area (Å²) in [6.07, 6.45) is 2.64. The number of carbonyl (C=O) groups excluding carboxylic acids is 1. The number of amides is 1. The number of benzene rings is 1. The van der Waals surface area contributed by atoms with E-state index in [1.165, 1.54) is 23.9 Å². The lowest BCUT2D eigenvalue weighted by Crippen LogP contribution is -2.47. The summed E-state index contributed by atoms with van der Waals surface area (Å²) >= 11 is 1.41. The fourth-order valence-electron chi connectivity index (χ4n) is 2.97. The van der Waals surface area contributed by atoms with Crippen LogP contribution >= 0.6 is 11.8 Å². The smallest absolute Gasteiger partial charge is 0.410 e. The molecule has 1 amide bonds. The molecule has 1 aromatic carbocycles. The van der Waals surface area contributed by atoms with Gasteiger partial charge in [-0.15, -0.1) is 0 Å². The lowest BCUT2D eigenvalue weighted by Gasteiger charge is -2.36. The molecule has 1 aromatic heterocycles. The van der Waals surface area contributed by atoms with E-state index in [1.807, 2.05) is 20.8 Å². The van der Waals surface area contributed by atoms with E-state index in [9.17, 15) is 14.9 Å². The number of nitrogens with zero attached hydrogens (tertiary/aromatic N) is 3. The second-order valence-electron chi connectivity index (χ2n) is 7.52. The number of hydrogen-bond donors (Lipinski definition) is 0. The van der Waals surface area contributed by atoms with Gasteiger partial charge in [-0.1, -0.05) is 11.8 Å². The van der Waals surface area contributed by atoms with E-state index in [0.717, 1.165) is 19.3 Å². The molecular formula is C18H23N3O5S. The zero-order valence-electron chi connectivity index (χ0n) is 15.6. The standard InChI is InChI=1S/C18H23N3O5S/c1-18(2,3)26-17(22)20-9-5-4-6-13(20)11-27-16-19-14-10-12(21(23)24)7-8-15(14)25-16/h7-8,10,13H,4-6,9,11H2,1-3H3. The molecule has 27 heavy (non-hydrogen) atoms. The first-order valence-electron chi connectivity index (χ1n) is 8.90. The van der Waals surface area contributed by atoms with Gasteiger partial charge in [0.2, 0.25) is 0 Å². The van der Waals surface area contributed by atoms with Crippen molar-refractivity contribution in [2.75, 3.05) is 12.3 Å². The van der Waals surface area contributed by atoms with Crippen LogP contribution in [0.2, 0.25) is 0 Å². The molecule has 8 nitrogen and oxygen atoms in total. The molecule has 0 N–H and O–H groups in total. The number of aromatic nitrogens is 1. The Hall–Kier alpha value is -2.29. The summed E-state index contributed by atoms with van der Waals surface area (Å²) < 4.78 is 11.2. The van der Waals surface area contributed by atoms with Crippen LogP contribution in [0.3, 0.4) is 0 Å². The minimum absolute atomic E-state index is 0.0178. The minimum Gasteiger partial charge on any atom is -0.444 e. The number of likely N-dealkylation sites (tertiary alicyclic amines) is 1. The van der Waals surface area contributed by atoms with Crippen LogP contribution in [-0.4, -0.2) is 44.8 Å². The second-order valence-corrected chi connectivity index (χ2v) is 8.49. The van der Waals surface area contributed by atoms with Crippen molar-refractivity contribution in [1.29, 1.82) is 0 Å². The van der Waals surface area contributed by atoms with Gasteiger partial charge in [0.25, 0.3) is 10.9 Å². The summed E-state index contributed by atoms with van der Waals surface area (Å²) in [5, 5.41) is 11.3. The van der Waals surface area contributed by atoms with Gasteiger partial charge in [0.1, 0.15) is 11.1 Å². The molecule has 0 bridgehead atoms. The van der Waals surface area contributed by atoms with Gasteiger partial charge in [0.15, 0.2) is 5.58 Å². The molecule has 1 unspecified atom stereocenters. The maximum absolute atomic E-state index is 12.5. The highest BCUT2D eigenvalue weighted by Crippen LogP contribution is 2.29. The monoisotopic (exact) mass is 393 g/mol. The molecule has 3 rings (SSSR count). The number of thioether (sulfide) groups is 1. The SMILES string of the molecule is CC(C)(C)OC(=O)N1CCCCC1CSc1nc2cc([N+](=O)[O-])ccc2o1. The van der Waals surface area contributed by atoms with E-state index in [0.29, 0.717) is 28.6 Å². The Balaban J connectivity index is 1.67. The lowest BCUT2D eigenvalue weighted by molar-refractivity contribution is -0.384. The molecule has 2 aromatic rings. The van der Waals surface area contributed by atoms with Crippen molar-refractivity contribution in [3.05, 3.63) is 28.3 Å². The Morgan fingerprint density at radius 2 is 2.22 bits per heavy atom. The third-order valence-electron chi connectivity index (χ3n) is 4.22. The molecule has 146 valence electrons. The summed E-state index contributed by atoms with van der Waals surface area (Å²) in [5.74, 6) is 0.633. The van der Waals surface area contributed by atoms with E-state index >= 15 is 0 Å². The minimum atomic E-state index is -0.527. The van der Waals surface area contributed by atoms with Gasteiger partial charge >= 0.3 is 6.09 Å². The average molecular weight is 393 g/mol. The fraction of sp³-hybridized carbons (Fsp3) is 0.556. The largest absolute Gasteiger partial charge is 0.444 e. The number of rotatable bonds is 4. The van der Waals surface area contributed by atoms with Gasteiger partial charge in [-0.3, -0.25) is 10.1 Å². The van der Waals surface area contributed by atoms with Crippen LogP contribution in [0.4, 0.5) is 10.5 Å². The lowest BCUT2D eigenvalue weighted by atomic mass is 10.0. The number of carbonyl (C=O) groups is 1. The van der Waals surface area contributed by atoms with Crippen LogP contribution < -0.4 is 0 Å². The quantitative estimate of drug-likeness (QED) is 0.424. The first-order valence-corrected chi connectivity index (χ1v) is 9.89. The molecule has 1 aliphatic rings. The maximum Gasteiger partial charge on any atom is 0.410 e. The van der Waals surface area contributed by atoms with E-state index in [-0.39, 0.29) is 17.8 Å². The normalized spacial score (nSPS) is 17.9. The zero-order valence-corrected chi connectivity index (χ0v) is 16.5. The van der Waals surface area contributed by atoms with Crippen LogP contribution in [-0.2, 0) is 4.74 Å². The van der Waals surface area contributed by atoms with Gasteiger partial charge in [0.05, 0.1) is 4.92 Å². The number of fused-ring (bicyclic) bond motifs is 1. The maximum atomic E-state index is 12.5. The molecular weight excluding hydrogens is 370 g/mol. The van der Waals surface area contributed by atoms with E-state index < -0.39 is 10.5 Å². The molecule has 1 aliphatic heterocycles. The Kier molecular flexibility index (Phi) is 5.59. The molecule has 2 heterocycles. The van der Waals surface area contributed by atoms with Crippen molar-refractivity contribution < 1.29 is 18.9 Å². The highest BCUT2D eigenvalue weighted by molar-refractivity contribution is 7.99. The summed E-state index contributed by atoms with van der Waals surface area (Å²) in [6, 6.07) is 4.39. The van der Waals surface area contributed by atoms with Crippen molar-refractivity contribution >= 4 is 34.6 Å². The molecule has 1 fully saturated rings. The van der Waals surface area contributed by atoms with Gasteiger partial charge in [-0.25, -0.2) is 9.78 Å². The van der Waals surface area contributed by atoms with Crippen LogP contribution in [0, 0.1) is 10.1 Å². The molecule has 0 radical (unpaired) electrons. The number of nitro benzene ring substituents is 1. The van der Waals surface area contributed by atoms with E-state index in [2.05, 4.69) is 4.98 Å². The van der Waals surface area contributed by atoms with Crippen molar-refractivity contribution in [3.8, 4) is 0 Å². The predicted molar refractivity (Wildman–Crippen MR) is 102 cm³/mol. The summed E-state index contributed by atoms with van der Waals surface area (Å²) in [7, 11) is 0. The Morgan fingerprint density at radius 3 is 2.93 bits per heavy atom. The van der Waals surface area contributed by atoms with Crippen molar-refractivity contribution in [3.63, 3.8) is 0 Å². The molecule has 0 spiro atoms. The second kappa shape index (κ2) is 7.75. The number of non-ortho nitro benzene ring substituents is 1. The average Bonchev–Trinajstić information content (AvgIpc) is 3.00. The van der Waals surface area contributed by atoms with Gasteiger partial charge in [-0.2, -0.15) is 0 Å². The highest BCUT2D eigenvalue weighted by atomic mass is 32.2. The Bertz CT molecular complexity index is 845. The predicted octanol–water partition coefficient (Wildman–Crippen LogP) is 4.62. The van der Waals surface area contributed by atoms with Crippen molar-refractivity contribution in [1.82, 2.24) is 9.88 Å². The third kappa shape index (κ3) is 4.91. The van der Waals surface area contributed by atoms with E-state index in [1.54, 1.807) is 11.0 Å². The number of ether oxygens (including phenoxy) is 1. The summed E-state index contributed by atoms with van der Waals surface area (Å²) in [6.45, 7) is 6.25. The number of hydrogen-bond acceptors (Lipinski definition) is 7. The molecule has 9 heteroatoms. The molecule has 0 saturated carbocycles.